The van der Waals surface area contributed by atoms with Crippen molar-refractivity contribution in [2.45, 2.75) is 4.33 Å². The number of rotatable bonds is 0. The van der Waals surface area contributed by atoms with Crippen LogP contribution in [0.5, 0.6) is 0 Å². The van der Waals surface area contributed by atoms with Gasteiger partial charge in [0.25, 0.3) is 0 Å². The van der Waals surface area contributed by atoms with Gasteiger partial charge >= 0.3 is 0 Å². The fraction of sp³-hybridized carbons (Fsp3) is 0.167. The number of ketones is 1. The van der Waals surface area contributed by atoms with Crippen LogP contribution in [0, 0.1) is 0 Å². The van der Waals surface area contributed by atoms with E-state index in [1.165, 1.54) is 12.2 Å². The van der Waals surface area contributed by atoms with E-state index in [0.29, 0.717) is 0 Å². The summed E-state index contributed by atoms with van der Waals surface area (Å²) in [4.78, 5) is 11.0. The first-order chi connectivity index (χ1) is 4.93. The summed E-state index contributed by atoms with van der Waals surface area (Å²) in [6.45, 7) is 0. The van der Waals surface area contributed by atoms with Crippen molar-refractivity contribution in [2.75, 3.05) is 0 Å². The fourth-order valence-corrected chi connectivity index (χ4v) is 1.87. The second-order valence-electron chi connectivity index (χ2n) is 1.97. The smallest absolute Gasteiger partial charge is 0.214 e. The molecule has 0 aromatic heterocycles. The maximum absolute atomic E-state index is 11.0. The molecule has 0 saturated heterocycles. The molecular weight excluding hydrogens is 230 g/mol. The Morgan fingerprint density at radius 3 is 2.27 bits per heavy atom. The van der Waals surface area contributed by atoms with E-state index < -0.39 is 10.1 Å². The van der Waals surface area contributed by atoms with Gasteiger partial charge in [-0.25, -0.2) is 0 Å². The summed E-state index contributed by atoms with van der Waals surface area (Å²) < 4.78 is -1.61. The van der Waals surface area contributed by atoms with E-state index in [1.54, 1.807) is 0 Å². The van der Waals surface area contributed by atoms with Crippen molar-refractivity contribution in [3.05, 3.63) is 22.2 Å². The summed E-state index contributed by atoms with van der Waals surface area (Å²) in [6, 6.07) is 0. The van der Waals surface area contributed by atoms with E-state index in [1.807, 2.05) is 0 Å². The van der Waals surface area contributed by atoms with E-state index in [2.05, 4.69) is 0 Å². The lowest BCUT2D eigenvalue weighted by atomic mass is 10.1. The molecule has 0 aliphatic heterocycles. The Morgan fingerprint density at radius 2 is 1.82 bits per heavy atom. The van der Waals surface area contributed by atoms with Gasteiger partial charge in [-0.2, -0.15) is 0 Å². The number of carbonyl (C=O) groups excluding carboxylic acids is 1. The predicted molar refractivity (Wildman–Crippen MR) is 47.3 cm³/mol. The van der Waals surface area contributed by atoms with Gasteiger partial charge in [-0.05, 0) is 12.2 Å². The SMILES string of the molecule is O=C1C(Cl)=CC(Cl)=CC1(Cl)Cl. The quantitative estimate of drug-likeness (QED) is 0.586. The summed E-state index contributed by atoms with van der Waals surface area (Å²) >= 11 is 22.1. The summed E-state index contributed by atoms with van der Waals surface area (Å²) in [5.74, 6) is -0.549. The van der Waals surface area contributed by atoms with Gasteiger partial charge in [-0.1, -0.05) is 46.4 Å². The summed E-state index contributed by atoms with van der Waals surface area (Å²) in [5, 5.41) is 0.210. The predicted octanol–water partition coefficient (Wildman–Crippen LogP) is 2.99. The third-order valence-electron chi connectivity index (χ3n) is 1.10. The third-order valence-corrected chi connectivity index (χ3v) is 2.16. The van der Waals surface area contributed by atoms with Crippen LogP contribution >= 0.6 is 46.4 Å². The van der Waals surface area contributed by atoms with Crippen LogP contribution in [-0.4, -0.2) is 10.1 Å². The number of halogens is 4. The van der Waals surface area contributed by atoms with E-state index in [4.69, 9.17) is 46.4 Å². The van der Waals surface area contributed by atoms with Crippen molar-refractivity contribution in [2.24, 2.45) is 0 Å². The zero-order valence-corrected chi connectivity index (χ0v) is 8.10. The van der Waals surface area contributed by atoms with Crippen molar-refractivity contribution in [3.8, 4) is 0 Å². The van der Waals surface area contributed by atoms with Gasteiger partial charge in [-0.3, -0.25) is 4.79 Å². The van der Waals surface area contributed by atoms with Crippen LogP contribution in [0.3, 0.4) is 0 Å². The van der Waals surface area contributed by atoms with Crippen molar-refractivity contribution in [3.63, 3.8) is 0 Å². The third kappa shape index (κ3) is 1.91. The van der Waals surface area contributed by atoms with E-state index >= 15 is 0 Å². The van der Waals surface area contributed by atoms with Crippen LogP contribution in [0.15, 0.2) is 22.2 Å². The molecule has 11 heavy (non-hydrogen) atoms. The van der Waals surface area contributed by atoms with Crippen LogP contribution in [0.1, 0.15) is 0 Å². The maximum Gasteiger partial charge on any atom is 0.214 e. The average Bonchev–Trinajstić information content (AvgIpc) is 1.81. The minimum absolute atomic E-state index is 0.0532. The molecular formula is C6H2Cl4O. The zero-order valence-electron chi connectivity index (χ0n) is 5.07. The van der Waals surface area contributed by atoms with E-state index in [9.17, 15) is 4.79 Å². The van der Waals surface area contributed by atoms with E-state index in [-0.39, 0.29) is 10.1 Å². The Morgan fingerprint density at radius 1 is 1.27 bits per heavy atom. The van der Waals surface area contributed by atoms with Gasteiger partial charge in [0.1, 0.15) is 0 Å². The second kappa shape index (κ2) is 2.98. The van der Waals surface area contributed by atoms with Gasteiger partial charge in [0.05, 0.1) is 5.03 Å². The van der Waals surface area contributed by atoms with E-state index in [0.717, 1.165) is 0 Å². The molecule has 1 rings (SSSR count). The Balaban J connectivity index is 3.11. The van der Waals surface area contributed by atoms with Crippen LogP contribution in [0.25, 0.3) is 0 Å². The van der Waals surface area contributed by atoms with Crippen LogP contribution in [0.4, 0.5) is 0 Å². The summed E-state index contributed by atoms with van der Waals surface area (Å²) in [7, 11) is 0. The normalized spacial score (nSPS) is 22.7. The molecule has 0 amide bonds. The summed E-state index contributed by atoms with van der Waals surface area (Å²) in [6.07, 6.45) is 2.53. The van der Waals surface area contributed by atoms with Crippen molar-refractivity contribution < 1.29 is 4.79 Å². The van der Waals surface area contributed by atoms with Crippen LogP contribution < -0.4 is 0 Å². The lowest BCUT2D eigenvalue weighted by Gasteiger charge is -2.16. The molecule has 0 saturated carbocycles. The molecule has 1 nitrogen and oxygen atoms in total. The topological polar surface area (TPSA) is 17.1 Å². The standard InChI is InChI=1S/C6H2Cl4O/c7-3-1-4(8)5(11)6(9,10)2-3/h1-2H. The molecule has 0 heterocycles. The largest absolute Gasteiger partial charge is 0.289 e. The highest BCUT2D eigenvalue weighted by Gasteiger charge is 2.36. The number of Topliss-reactive ketones (excluding diaryl/α,β-unsaturated/α-hetero) is 1. The van der Waals surface area contributed by atoms with Gasteiger partial charge in [-0.15, -0.1) is 0 Å². The minimum Gasteiger partial charge on any atom is -0.289 e. The molecule has 1 aliphatic rings. The fourth-order valence-electron chi connectivity index (χ4n) is 0.626. The lowest BCUT2D eigenvalue weighted by molar-refractivity contribution is -0.114. The van der Waals surface area contributed by atoms with Gasteiger partial charge < -0.3 is 0 Å². The van der Waals surface area contributed by atoms with Crippen LogP contribution in [0.2, 0.25) is 0 Å². The molecule has 60 valence electrons. The minimum atomic E-state index is -1.61. The molecule has 0 bridgehead atoms. The first-order valence-corrected chi connectivity index (χ1v) is 4.13. The maximum atomic E-state index is 11.0. The van der Waals surface area contributed by atoms with Crippen molar-refractivity contribution >= 4 is 52.2 Å². The van der Waals surface area contributed by atoms with Crippen LogP contribution in [-0.2, 0) is 4.79 Å². The van der Waals surface area contributed by atoms with Gasteiger partial charge in [0, 0.05) is 5.03 Å². The number of carbonyl (C=O) groups is 1. The Kier molecular flexibility index (Phi) is 2.55. The first-order valence-electron chi connectivity index (χ1n) is 2.61. The Bertz CT molecular complexity index is 264. The van der Waals surface area contributed by atoms with Gasteiger partial charge in [0.15, 0.2) is 0 Å². The average molecular weight is 232 g/mol. The Hall–Kier alpha value is 0.310. The number of hydrogen-bond donors (Lipinski definition) is 0. The molecule has 0 aromatic carbocycles. The first kappa shape index (κ1) is 9.40. The Labute approximate surface area is 83.6 Å². The molecule has 5 heteroatoms. The molecule has 0 atom stereocenters. The molecule has 0 radical (unpaired) electrons. The molecule has 0 fully saturated rings. The zero-order chi connectivity index (χ0) is 8.65. The number of allylic oxidation sites excluding steroid dienone is 4. The molecule has 0 unspecified atom stereocenters. The monoisotopic (exact) mass is 230 g/mol. The highest BCUT2D eigenvalue weighted by molar-refractivity contribution is 6.66. The van der Waals surface area contributed by atoms with Crippen molar-refractivity contribution in [1.82, 2.24) is 0 Å². The highest BCUT2D eigenvalue weighted by Crippen LogP contribution is 2.35. The highest BCUT2D eigenvalue weighted by atomic mass is 35.5. The lowest BCUT2D eigenvalue weighted by Crippen LogP contribution is -2.26. The number of alkyl halides is 2. The molecule has 0 N–H and O–H groups in total. The molecule has 0 spiro atoms. The number of hydrogen-bond acceptors (Lipinski definition) is 1. The summed E-state index contributed by atoms with van der Waals surface area (Å²) in [5.41, 5.74) is 0. The molecule has 0 aromatic rings. The second-order valence-corrected chi connectivity index (χ2v) is 4.20. The van der Waals surface area contributed by atoms with Crippen molar-refractivity contribution in [1.29, 1.82) is 0 Å². The molecule has 1 aliphatic carbocycles. The van der Waals surface area contributed by atoms with Gasteiger partial charge in [0.2, 0.25) is 10.1 Å².